The SMILES string of the molecule is CN(CCN(C(N)=O)C1CCC(CCN2[C@@H]3CC[C@H]2c2ccccc23)CC1)CCN(C(N)=O)C1CCC(CCN2[C@@H]3CC[C@H]2c2ccccc23)CC1. The molecular weight excluding hydrogens is 647 g/mol. The largest absolute Gasteiger partial charge is 0.351 e. The Morgan fingerprint density at radius 2 is 0.865 bits per heavy atom. The fraction of sp³-hybridized carbons (Fsp3) is 0.674. The number of hydrogen-bond donors (Lipinski definition) is 2. The molecule has 52 heavy (non-hydrogen) atoms. The van der Waals surface area contributed by atoms with Crippen LogP contribution >= 0.6 is 0 Å². The lowest BCUT2D eigenvalue weighted by molar-refractivity contribution is 0.120. The minimum absolute atomic E-state index is 0.225. The number of carbonyl (C=O) groups is 2. The van der Waals surface area contributed by atoms with Crippen molar-refractivity contribution in [2.45, 2.75) is 126 Å². The molecule has 4 aliphatic heterocycles. The van der Waals surface area contributed by atoms with E-state index in [1.54, 1.807) is 22.3 Å². The molecule has 8 rings (SSSR count). The first-order chi connectivity index (χ1) is 25.4. The van der Waals surface area contributed by atoms with E-state index in [0.717, 1.165) is 50.6 Å². The minimum Gasteiger partial charge on any atom is -0.351 e. The first kappa shape index (κ1) is 35.9. The molecule has 0 unspecified atom stereocenters. The molecule has 9 nitrogen and oxygen atoms in total. The summed E-state index contributed by atoms with van der Waals surface area (Å²) in [4.78, 5) is 36.9. The van der Waals surface area contributed by atoms with Gasteiger partial charge in [0.2, 0.25) is 0 Å². The fourth-order valence-corrected chi connectivity index (χ4v) is 11.7. The number of carbonyl (C=O) groups excluding carboxylic acids is 2. The molecule has 2 saturated carbocycles. The van der Waals surface area contributed by atoms with Crippen LogP contribution in [-0.4, -0.2) is 95.0 Å². The highest BCUT2D eigenvalue weighted by Crippen LogP contribution is 2.54. The third-order valence-corrected chi connectivity index (χ3v) is 14.6. The highest BCUT2D eigenvalue weighted by Gasteiger charge is 2.44. The number of rotatable bonds is 14. The van der Waals surface area contributed by atoms with Gasteiger partial charge in [-0.15, -0.1) is 0 Å². The Labute approximate surface area is 312 Å². The quantitative estimate of drug-likeness (QED) is 0.214. The van der Waals surface area contributed by atoms with Gasteiger partial charge in [-0.1, -0.05) is 48.5 Å². The van der Waals surface area contributed by atoms with Crippen LogP contribution in [0.5, 0.6) is 0 Å². The number of primary amides is 2. The summed E-state index contributed by atoms with van der Waals surface area (Å²) >= 11 is 0. The summed E-state index contributed by atoms with van der Waals surface area (Å²) in [6.07, 6.45) is 16.5. The van der Waals surface area contributed by atoms with Crippen LogP contribution in [0.1, 0.15) is 136 Å². The summed E-state index contributed by atoms with van der Waals surface area (Å²) < 4.78 is 0. The predicted octanol–water partition coefficient (Wildman–Crippen LogP) is 7.36. The van der Waals surface area contributed by atoms with Crippen molar-refractivity contribution in [1.29, 1.82) is 0 Å². The number of hydrogen-bond acceptors (Lipinski definition) is 5. The second kappa shape index (κ2) is 15.7. The number of urea groups is 2. The predicted molar refractivity (Wildman–Crippen MR) is 207 cm³/mol. The van der Waals surface area contributed by atoms with Crippen molar-refractivity contribution < 1.29 is 9.59 Å². The van der Waals surface area contributed by atoms with E-state index in [0.29, 0.717) is 37.3 Å². The maximum absolute atomic E-state index is 12.6. The Bertz CT molecular complexity index is 1380. The lowest BCUT2D eigenvalue weighted by Crippen LogP contribution is -2.50. The standard InChI is InChI=1S/C43H63N7O2/c1-46(26-28-47(42(44)51)32-14-10-30(11-15-32)22-24-49-38-18-19-39(49)35-7-3-2-6-34(35)38)27-29-48(43(45)52)33-16-12-31(13-17-33)23-25-50-40-20-21-41(50)37-9-5-4-8-36(37)40/h2-9,30-33,38-41H,10-29H2,1H3,(H2,44,51)(H2,45,52)/t30?,31?,32?,33?,38-,39+,40-,41+. The summed E-state index contributed by atoms with van der Waals surface area (Å²) in [5.41, 5.74) is 18.2. The molecule has 4 N–H and O–H groups in total. The van der Waals surface area contributed by atoms with Gasteiger partial charge in [0.15, 0.2) is 0 Å². The average molecular weight is 710 g/mol. The van der Waals surface area contributed by atoms with Gasteiger partial charge in [0, 0.05) is 62.4 Å². The normalized spacial score (nSPS) is 30.8. The van der Waals surface area contributed by atoms with E-state index < -0.39 is 0 Å². The first-order valence-corrected chi connectivity index (χ1v) is 20.9. The third-order valence-electron chi connectivity index (χ3n) is 14.6. The third kappa shape index (κ3) is 7.22. The number of amides is 4. The maximum Gasteiger partial charge on any atom is 0.315 e. The van der Waals surface area contributed by atoms with Gasteiger partial charge in [-0.05, 0) is 144 Å². The summed E-state index contributed by atoms with van der Waals surface area (Å²) in [5.74, 6) is 1.45. The Hall–Kier alpha value is -3.14. The average Bonchev–Trinajstić information content (AvgIpc) is 3.92. The molecule has 2 saturated heterocycles. The zero-order valence-corrected chi connectivity index (χ0v) is 31.6. The van der Waals surface area contributed by atoms with Gasteiger partial charge in [-0.2, -0.15) is 0 Å². The molecule has 2 aliphatic carbocycles. The van der Waals surface area contributed by atoms with Crippen molar-refractivity contribution in [3.8, 4) is 0 Å². The van der Waals surface area contributed by atoms with Crippen LogP contribution in [0.25, 0.3) is 0 Å². The summed E-state index contributed by atoms with van der Waals surface area (Å²) in [5, 5.41) is 0. The number of likely N-dealkylation sites (N-methyl/N-ethyl adjacent to an activating group) is 1. The summed E-state index contributed by atoms with van der Waals surface area (Å²) in [6.45, 7) is 5.10. The molecule has 0 spiro atoms. The molecule has 4 fully saturated rings. The number of benzene rings is 2. The van der Waals surface area contributed by atoms with Crippen molar-refractivity contribution in [2.24, 2.45) is 23.3 Å². The molecule has 6 aliphatic rings. The summed E-state index contributed by atoms with van der Waals surface area (Å²) in [6, 6.07) is 20.5. The van der Waals surface area contributed by atoms with Gasteiger partial charge in [0.25, 0.3) is 0 Å². The molecule has 2 aromatic carbocycles. The zero-order chi connectivity index (χ0) is 35.8. The van der Waals surface area contributed by atoms with E-state index in [-0.39, 0.29) is 24.1 Å². The van der Waals surface area contributed by atoms with Crippen LogP contribution in [0, 0.1) is 11.8 Å². The molecule has 282 valence electrons. The highest BCUT2D eigenvalue weighted by molar-refractivity contribution is 5.72. The molecule has 0 radical (unpaired) electrons. The van der Waals surface area contributed by atoms with E-state index in [9.17, 15) is 9.59 Å². The van der Waals surface area contributed by atoms with E-state index >= 15 is 0 Å². The van der Waals surface area contributed by atoms with Gasteiger partial charge >= 0.3 is 12.1 Å². The number of nitrogens with zero attached hydrogens (tertiary/aromatic N) is 5. The van der Waals surface area contributed by atoms with E-state index in [1.807, 2.05) is 9.80 Å². The highest BCUT2D eigenvalue weighted by atomic mass is 16.2. The smallest absolute Gasteiger partial charge is 0.315 e. The van der Waals surface area contributed by atoms with Gasteiger partial charge < -0.3 is 26.2 Å². The van der Waals surface area contributed by atoms with E-state index in [2.05, 4.69) is 70.3 Å². The lowest BCUT2D eigenvalue weighted by atomic mass is 9.83. The maximum atomic E-state index is 12.6. The van der Waals surface area contributed by atoms with Crippen molar-refractivity contribution in [2.75, 3.05) is 46.3 Å². The topological polar surface area (TPSA) is 102 Å². The molecule has 0 aromatic heterocycles. The van der Waals surface area contributed by atoms with Crippen LogP contribution in [0.2, 0.25) is 0 Å². The number of nitrogens with two attached hydrogens (primary N) is 2. The van der Waals surface area contributed by atoms with Crippen molar-refractivity contribution in [3.05, 3.63) is 70.8 Å². The van der Waals surface area contributed by atoms with Gasteiger partial charge in [0.05, 0.1) is 0 Å². The van der Waals surface area contributed by atoms with Gasteiger partial charge in [-0.25, -0.2) is 9.59 Å². The molecule has 4 bridgehead atoms. The second-order valence-electron chi connectivity index (χ2n) is 17.2. The molecule has 9 heteroatoms. The van der Waals surface area contributed by atoms with E-state index in [1.165, 1.54) is 77.3 Å². The zero-order valence-electron chi connectivity index (χ0n) is 31.6. The fourth-order valence-electron chi connectivity index (χ4n) is 11.7. The summed E-state index contributed by atoms with van der Waals surface area (Å²) in [7, 11) is 2.08. The first-order valence-electron chi connectivity index (χ1n) is 20.9. The van der Waals surface area contributed by atoms with Crippen LogP contribution in [0.15, 0.2) is 48.5 Å². The molecule has 4 heterocycles. The number of fused-ring (bicyclic) bond motifs is 10. The van der Waals surface area contributed by atoms with Crippen LogP contribution in [0.4, 0.5) is 9.59 Å². The molecule has 4 amide bonds. The van der Waals surface area contributed by atoms with Crippen LogP contribution < -0.4 is 11.5 Å². The Morgan fingerprint density at radius 1 is 0.538 bits per heavy atom. The van der Waals surface area contributed by atoms with Crippen LogP contribution in [-0.2, 0) is 0 Å². The molecule has 2 aromatic rings. The Balaban J connectivity index is 0.736. The molecular formula is C43H63N7O2. The second-order valence-corrected chi connectivity index (χ2v) is 17.2. The molecule has 4 atom stereocenters. The minimum atomic E-state index is -0.305. The van der Waals surface area contributed by atoms with Gasteiger partial charge in [0.1, 0.15) is 0 Å². The van der Waals surface area contributed by atoms with Crippen molar-refractivity contribution in [1.82, 2.24) is 24.5 Å². The van der Waals surface area contributed by atoms with Crippen LogP contribution in [0.3, 0.4) is 0 Å². The van der Waals surface area contributed by atoms with Gasteiger partial charge in [-0.3, -0.25) is 9.80 Å². The lowest BCUT2D eigenvalue weighted by Gasteiger charge is -2.38. The van der Waals surface area contributed by atoms with Crippen molar-refractivity contribution >= 4 is 12.1 Å². The van der Waals surface area contributed by atoms with Crippen molar-refractivity contribution in [3.63, 3.8) is 0 Å². The monoisotopic (exact) mass is 710 g/mol. The van der Waals surface area contributed by atoms with E-state index in [4.69, 9.17) is 11.5 Å². The Morgan fingerprint density at radius 3 is 1.17 bits per heavy atom. The Kier molecular flexibility index (Phi) is 10.8.